The summed E-state index contributed by atoms with van der Waals surface area (Å²) in [6, 6.07) is 10.5. The normalized spacial score (nSPS) is 27.2. The zero-order chi connectivity index (χ0) is 12.2. The highest BCUT2D eigenvalue weighted by Crippen LogP contribution is 2.23. The van der Waals surface area contributed by atoms with Gasteiger partial charge in [-0.2, -0.15) is 0 Å². The number of benzene rings is 1. The van der Waals surface area contributed by atoms with Crippen LogP contribution < -0.4 is 0 Å². The summed E-state index contributed by atoms with van der Waals surface area (Å²) in [5, 5.41) is 4.83. The molecule has 2 aliphatic rings. The fraction of sp³-hybridized carbons (Fsp3) is 0.571. The predicted molar refractivity (Wildman–Crippen MR) is 69.1 cm³/mol. The van der Waals surface area contributed by atoms with Gasteiger partial charge in [0.1, 0.15) is 0 Å². The van der Waals surface area contributed by atoms with E-state index in [-0.39, 0.29) is 6.10 Å². The van der Waals surface area contributed by atoms with Crippen molar-refractivity contribution in [3.63, 3.8) is 0 Å². The Morgan fingerprint density at radius 1 is 0.889 bits per heavy atom. The molecule has 0 saturated carbocycles. The van der Waals surface area contributed by atoms with Crippen LogP contribution in [-0.2, 0) is 9.47 Å². The number of rotatable bonds is 2. The third-order valence-electron chi connectivity index (χ3n) is 3.60. The topological polar surface area (TPSA) is 24.9 Å². The maximum absolute atomic E-state index is 5.89. The van der Waals surface area contributed by atoms with Crippen molar-refractivity contribution < 1.29 is 9.47 Å². The Morgan fingerprint density at radius 2 is 1.61 bits per heavy atom. The Balaban J connectivity index is 1.64. The summed E-state index contributed by atoms with van der Waals surface area (Å²) < 4.78 is 11.3. The molecule has 0 aliphatic carbocycles. The first-order valence-electron chi connectivity index (χ1n) is 6.67. The Labute approximate surface area is 108 Å². The third-order valence-corrected chi connectivity index (χ3v) is 3.60. The second-order valence-corrected chi connectivity index (χ2v) is 4.75. The van der Waals surface area contributed by atoms with E-state index in [9.17, 15) is 0 Å². The average molecular weight is 248 g/mol. The van der Waals surface area contributed by atoms with E-state index in [2.05, 4.69) is 34.3 Å². The van der Waals surface area contributed by atoms with Gasteiger partial charge in [-0.05, 0) is 5.56 Å². The van der Waals surface area contributed by atoms with E-state index in [0.29, 0.717) is 0 Å². The number of hydrogen-bond donors (Lipinski definition) is 0. The lowest BCUT2D eigenvalue weighted by molar-refractivity contribution is -0.150. The minimum Gasteiger partial charge on any atom is -0.379 e. The van der Waals surface area contributed by atoms with Crippen LogP contribution in [0.5, 0.6) is 0 Å². The van der Waals surface area contributed by atoms with Gasteiger partial charge in [-0.25, -0.2) is 10.0 Å². The summed E-state index contributed by atoms with van der Waals surface area (Å²) in [4.78, 5) is 0. The van der Waals surface area contributed by atoms with Crippen molar-refractivity contribution in [2.24, 2.45) is 0 Å². The summed E-state index contributed by atoms with van der Waals surface area (Å²) in [7, 11) is 0. The molecule has 0 bridgehead atoms. The number of hydrogen-bond acceptors (Lipinski definition) is 4. The standard InChI is InChI=1S/C14H20N2O2/c1-2-4-13(5-3-1)14-12-16(8-11-18-14)15-6-9-17-10-7-15/h1-5,14H,6-12H2. The van der Waals surface area contributed by atoms with Crippen LogP contribution in [-0.4, -0.2) is 56.0 Å². The van der Waals surface area contributed by atoms with Gasteiger partial charge in [0.25, 0.3) is 0 Å². The van der Waals surface area contributed by atoms with Gasteiger partial charge in [-0.1, -0.05) is 30.3 Å². The third kappa shape index (κ3) is 2.72. The lowest BCUT2D eigenvalue weighted by Gasteiger charge is -2.42. The maximum atomic E-state index is 5.89. The van der Waals surface area contributed by atoms with Crippen LogP contribution >= 0.6 is 0 Å². The fourth-order valence-electron chi connectivity index (χ4n) is 2.60. The molecule has 3 rings (SSSR count). The summed E-state index contributed by atoms with van der Waals surface area (Å²) in [5.74, 6) is 0. The Hall–Kier alpha value is -0.940. The van der Waals surface area contributed by atoms with Crippen molar-refractivity contribution in [3.05, 3.63) is 35.9 Å². The largest absolute Gasteiger partial charge is 0.379 e. The van der Waals surface area contributed by atoms with Crippen LogP contribution in [0, 0.1) is 0 Å². The zero-order valence-corrected chi connectivity index (χ0v) is 10.6. The first-order valence-corrected chi connectivity index (χ1v) is 6.67. The average Bonchev–Trinajstić information content (AvgIpc) is 2.49. The smallest absolute Gasteiger partial charge is 0.0966 e. The molecular formula is C14H20N2O2. The summed E-state index contributed by atoms with van der Waals surface area (Å²) in [5.41, 5.74) is 1.27. The van der Waals surface area contributed by atoms with Crippen LogP contribution in [0.25, 0.3) is 0 Å². The van der Waals surface area contributed by atoms with Crippen molar-refractivity contribution in [1.82, 2.24) is 10.0 Å². The Morgan fingerprint density at radius 3 is 2.39 bits per heavy atom. The van der Waals surface area contributed by atoms with E-state index in [1.807, 2.05) is 6.07 Å². The molecule has 4 nitrogen and oxygen atoms in total. The summed E-state index contributed by atoms with van der Waals surface area (Å²) in [6.07, 6.45) is 0.197. The Bertz CT molecular complexity index is 365. The molecule has 98 valence electrons. The van der Waals surface area contributed by atoms with Gasteiger partial charge in [-0.3, -0.25) is 0 Å². The molecule has 0 radical (unpaired) electrons. The minimum atomic E-state index is 0.197. The monoisotopic (exact) mass is 248 g/mol. The molecule has 0 N–H and O–H groups in total. The maximum Gasteiger partial charge on any atom is 0.0966 e. The van der Waals surface area contributed by atoms with Gasteiger partial charge in [-0.15, -0.1) is 0 Å². The molecule has 4 heteroatoms. The highest BCUT2D eigenvalue weighted by molar-refractivity contribution is 5.18. The first kappa shape index (κ1) is 12.1. The Kier molecular flexibility index (Phi) is 3.90. The molecular weight excluding hydrogens is 228 g/mol. The number of ether oxygens (including phenoxy) is 2. The molecule has 2 fully saturated rings. The van der Waals surface area contributed by atoms with Crippen LogP contribution in [0.1, 0.15) is 11.7 Å². The van der Waals surface area contributed by atoms with Crippen LogP contribution in [0.2, 0.25) is 0 Å². The van der Waals surface area contributed by atoms with Gasteiger partial charge in [0.05, 0.1) is 25.9 Å². The van der Waals surface area contributed by atoms with Gasteiger partial charge < -0.3 is 9.47 Å². The van der Waals surface area contributed by atoms with E-state index in [1.165, 1.54) is 5.56 Å². The predicted octanol–water partition coefficient (Wildman–Crippen LogP) is 1.31. The molecule has 1 aromatic carbocycles. The second kappa shape index (κ2) is 5.80. The van der Waals surface area contributed by atoms with Crippen molar-refractivity contribution in [3.8, 4) is 0 Å². The molecule has 1 aromatic rings. The van der Waals surface area contributed by atoms with E-state index >= 15 is 0 Å². The molecule has 0 amide bonds. The number of nitrogens with zero attached hydrogens (tertiary/aromatic N) is 2. The molecule has 1 unspecified atom stereocenters. The number of morpholine rings is 2. The van der Waals surface area contributed by atoms with E-state index in [4.69, 9.17) is 9.47 Å². The van der Waals surface area contributed by atoms with Crippen molar-refractivity contribution in [1.29, 1.82) is 0 Å². The van der Waals surface area contributed by atoms with Crippen LogP contribution in [0.4, 0.5) is 0 Å². The summed E-state index contributed by atoms with van der Waals surface area (Å²) >= 11 is 0. The van der Waals surface area contributed by atoms with Gasteiger partial charge in [0, 0.05) is 26.2 Å². The zero-order valence-electron chi connectivity index (χ0n) is 10.6. The van der Waals surface area contributed by atoms with Crippen molar-refractivity contribution in [2.45, 2.75) is 6.10 Å². The fourth-order valence-corrected chi connectivity index (χ4v) is 2.60. The lowest BCUT2D eigenvalue weighted by Crippen LogP contribution is -2.53. The summed E-state index contributed by atoms with van der Waals surface area (Å²) in [6.45, 7) is 6.42. The second-order valence-electron chi connectivity index (χ2n) is 4.75. The highest BCUT2D eigenvalue weighted by Gasteiger charge is 2.26. The molecule has 2 aliphatic heterocycles. The van der Waals surface area contributed by atoms with Crippen molar-refractivity contribution in [2.75, 3.05) is 46.0 Å². The van der Waals surface area contributed by atoms with Crippen LogP contribution in [0.3, 0.4) is 0 Å². The number of hydrazine groups is 1. The molecule has 1 atom stereocenters. The molecule has 2 saturated heterocycles. The molecule has 0 spiro atoms. The lowest BCUT2D eigenvalue weighted by atomic mass is 10.1. The minimum absolute atomic E-state index is 0.197. The SMILES string of the molecule is c1ccc(C2CN(N3CCOCC3)CCO2)cc1. The van der Waals surface area contributed by atoms with E-state index < -0.39 is 0 Å². The van der Waals surface area contributed by atoms with Gasteiger partial charge in [0.15, 0.2) is 0 Å². The van der Waals surface area contributed by atoms with Crippen molar-refractivity contribution >= 4 is 0 Å². The molecule has 2 heterocycles. The van der Waals surface area contributed by atoms with Crippen LogP contribution in [0.15, 0.2) is 30.3 Å². The van der Waals surface area contributed by atoms with Gasteiger partial charge in [0.2, 0.25) is 0 Å². The first-order chi connectivity index (χ1) is 8.93. The van der Waals surface area contributed by atoms with Gasteiger partial charge >= 0.3 is 0 Å². The van der Waals surface area contributed by atoms with E-state index in [0.717, 1.165) is 46.0 Å². The molecule has 0 aromatic heterocycles. The van der Waals surface area contributed by atoms with E-state index in [1.54, 1.807) is 0 Å². The molecule has 18 heavy (non-hydrogen) atoms. The highest BCUT2D eigenvalue weighted by atomic mass is 16.5. The quantitative estimate of drug-likeness (QED) is 0.788.